The second-order valence-electron chi connectivity index (χ2n) is 6.18. The molecule has 1 aliphatic heterocycles. The van der Waals surface area contributed by atoms with Crippen LogP contribution in [0.3, 0.4) is 0 Å². The Hall–Kier alpha value is -1.82. The van der Waals surface area contributed by atoms with E-state index in [1.165, 1.54) is 0 Å². The molecule has 1 unspecified atom stereocenters. The molecule has 1 N–H and O–H groups in total. The van der Waals surface area contributed by atoms with Gasteiger partial charge in [-0.3, -0.25) is 0 Å². The van der Waals surface area contributed by atoms with Crippen LogP contribution in [0, 0.1) is 0 Å². The maximum Gasteiger partial charge on any atom is 0.129 e. The summed E-state index contributed by atoms with van der Waals surface area (Å²) in [6.45, 7) is 3.23. The van der Waals surface area contributed by atoms with Crippen molar-refractivity contribution in [3.05, 3.63) is 54.5 Å². The number of hydrogen-bond donors (Lipinski definition) is 1. The van der Waals surface area contributed by atoms with E-state index in [1.807, 2.05) is 42.5 Å². The summed E-state index contributed by atoms with van der Waals surface area (Å²) in [6.07, 6.45) is 3.36. The van der Waals surface area contributed by atoms with Crippen LogP contribution in [0.5, 0.6) is 5.75 Å². The number of piperidine rings is 1. The molecular formula is C19H25NO4. The third-order valence-electron chi connectivity index (χ3n) is 4.18. The zero-order chi connectivity index (χ0) is 16.6. The molecule has 1 aromatic carbocycles. The number of ether oxygens (including phenoxy) is 2. The summed E-state index contributed by atoms with van der Waals surface area (Å²) >= 11 is 0. The molecule has 2 heterocycles. The molecule has 3 rings (SSSR count). The van der Waals surface area contributed by atoms with Crippen molar-refractivity contribution in [2.45, 2.75) is 31.7 Å². The minimum atomic E-state index is -0.480. The van der Waals surface area contributed by atoms with E-state index < -0.39 is 6.10 Å². The first-order chi connectivity index (χ1) is 11.8. The molecule has 24 heavy (non-hydrogen) atoms. The van der Waals surface area contributed by atoms with E-state index >= 15 is 0 Å². The zero-order valence-electron chi connectivity index (χ0n) is 13.8. The Bertz CT molecular complexity index is 564. The summed E-state index contributed by atoms with van der Waals surface area (Å²) in [4.78, 5) is 2.27. The molecule has 1 saturated heterocycles. The van der Waals surface area contributed by atoms with Crippen LogP contribution in [-0.2, 0) is 11.3 Å². The van der Waals surface area contributed by atoms with Crippen molar-refractivity contribution in [2.75, 3.05) is 26.2 Å². The SMILES string of the molecule is OC(COCc1ccco1)CN1CCC(Oc2ccccc2)CC1. The number of hydrogen-bond acceptors (Lipinski definition) is 5. The number of β-amino-alcohol motifs (C(OH)–C–C–N with tert-alkyl or cyclic N) is 1. The highest BCUT2D eigenvalue weighted by atomic mass is 16.5. The van der Waals surface area contributed by atoms with Gasteiger partial charge < -0.3 is 23.9 Å². The number of para-hydroxylation sites is 1. The third kappa shape index (κ3) is 5.37. The molecule has 1 aromatic heterocycles. The lowest BCUT2D eigenvalue weighted by atomic mass is 10.1. The molecule has 0 bridgehead atoms. The second-order valence-corrected chi connectivity index (χ2v) is 6.18. The molecule has 130 valence electrons. The minimum absolute atomic E-state index is 0.260. The fourth-order valence-corrected chi connectivity index (χ4v) is 2.94. The average Bonchev–Trinajstić information content (AvgIpc) is 3.11. The van der Waals surface area contributed by atoms with Gasteiger partial charge in [-0.1, -0.05) is 18.2 Å². The first kappa shape index (κ1) is 17.0. The molecule has 1 fully saturated rings. The van der Waals surface area contributed by atoms with Gasteiger partial charge in [-0.15, -0.1) is 0 Å². The highest BCUT2D eigenvalue weighted by Crippen LogP contribution is 2.18. The van der Waals surface area contributed by atoms with Gasteiger partial charge in [0.2, 0.25) is 0 Å². The van der Waals surface area contributed by atoms with Crippen LogP contribution in [0.1, 0.15) is 18.6 Å². The fourth-order valence-electron chi connectivity index (χ4n) is 2.94. The van der Waals surface area contributed by atoms with Crippen LogP contribution in [0.2, 0.25) is 0 Å². The van der Waals surface area contributed by atoms with Gasteiger partial charge >= 0.3 is 0 Å². The number of benzene rings is 1. The molecule has 0 saturated carbocycles. The predicted octanol–water partition coefficient (Wildman–Crippen LogP) is 2.70. The van der Waals surface area contributed by atoms with Crippen molar-refractivity contribution in [3.63, 3.8) is 0 Å². The number of nitrogens with zero attached hydrogens (tertiary/aromatic N) is 1. The second kappa shape index (κ2) is 8.87. The van der Waals surface area contributed by atoms with Crippen LogP contribution in [0.4, 0.5) is 0 Å². The van der Waals surface area contributed by atoms with Crippen LogP contribution < -0.4 is 4.74 Å². The lowest BCUT2D eigenvalue weighted by Gasteiger charge is -2.33. The highest BCUT2D eigenvalue weighted by Gasteiger charge is 2.22. The molecule has 5 nitrogen and oxygen atoms in total. The fraction of sp³-hybridized carbons (Fsp3) is 0.474. The zero-order valence-corrected chi connectivity index (χ0v) is 13.8. The van der Waals surface area contributed by atoms with Gasteiger partial charge in [-0.2, -0.15) is 0 Å². The van der Waals surface area contributed by atoms with Gasteiger partial charge in [0.25, 0.3) is 0 Å². The Morgan fingerprint density at radius 3 is 2.62 bits per heavy atom. The quantitative estimate of drug-likeness (QED) is 0.806. The standard InChI is InChI=1S/C19H25NO4/c21-16(14-22-15-19-7-4-12-23-19)13-20-10-8-18(9-11-20)24-17-5-2-1-3-6-17/h1-7,12,16,18,21H,8-11,13-15H2. The summed E-state index contributed by atoms with van der Waals surface area (Å²) in [6, 6.07) is 13.7. The van der Waals surface area contributed by atoms with E-state index in [2.05, 4.69) is 4.90 Å². The Morgan fingerprint density at radius 2 is 1.92 bits per heavy atom. The van der Waals surface area contributed by atoms with E-state index in [4.69, 9.17) is 13.9 Å². The Labute approximate surface area is 142 Å². The number of rotatable bonds is 8. The number of furan rings is 1. The summed E-state index contributed by atoms with van der Waals surface area (Å²) in [5, 5.41) is 10.1. The monoisotopic (exact) mass is 331 g/mol. The normalized spacial score (nSPS) is 17.7. The smallest absolute Gasteiger partial charge is 0.129 e. The Balaban J connectivity index is 1.31. The molecule has 0 aliphatic carbocycles. The molecule has 1 aliphatic rings. The molecule has 2 aromatic rings. The van der Waals surface area contributed by atoms with E-state index in [9.17, 15) is 5.11 Å². The van der Waals surface area contributed by atoms with Crippen LogP contribution in [0.25, 0.3) is 0 Å². The summed E-state index contributed by atoms with van der Waals surface area (Å²) in [5.41, 5.74) is 0. The van der Waals surface area contributed by atoms with E-state index in [-0.39, 0.29) is 6.10 Å². The first-order valence-electron chi connectivity index (χ1n) is 8.52. The lowest BCUT2D eigenvalue weighted by molar-refractivity contribution is -0.00402. The topological polar surface area (TPSA) is 55.1 Å². The molecule has 0 spiro atoms. The molecule has 0 radical (unpaired) electrons. The average molecular weight is 331 g/mol. The van der Waals surface area contributed by atoms with Crippen LogP contribution >= 0.6 is 0 Å². The van der Waals surface area contributed by atoms with Gasteiger partial charge in [0.05, 0.1) is 19.0 Å². The van der Waals surface area contributed by atoms with Gasteiger partial charge in [0, 0.05) is 19.6 Å². The van der Waals surface area contributed by atoms with Crippen LogP contribution in [0.15, 0.2) is 53.1 Å². The van der Waals surface area contributed by atoms with Gasteiger partial charge in [-0.25, -0.2) is 0 Å². The minimum Gasteiger partial charge on any atom is -0.490 e. The molecular weight excluding hydrogens is 306 g/mol. The Morgan fingerprint density at radius 1 is 1.12 bits per heavy atom. The van der Waals surface area contributed by atoms with Crippen molar-refractivity contribution in [2.24, 2.45) is 0 Å². The number of aliphatic hydroxyl groups excluding tert-OH is 1. The maximum absolute atomic E-state index is 10.1. The van der Waals surface area contributed by atoms with Gasteiger partial charge in [0.1, 0.15) is 24.2 Å². The summed E-state index contributed by atoms with van der Waals surface area (Å²) in [7, 11) is 0. The number of likely N-dealkylation sites (tertiary alicyclic amines) is 1. The summed E-state index contributed by atoms with van der Waals surface area (Å²) < 4.78 is 16.7. The van der Waals surface area contributed by atoms with Crippen molar-refractivity contribution in [1.82, 2.24) is 4.90 Å². The summed E-state index contributed by atoms with van der Waals surface area (Å²) in [5.74, 6) is 1.71. The van der Waals surface area contributed by atoms with Gasteiger partial charge in [0.15, 0.2) is 0 Å². The molecule has 0 amide bonds. The number of aliphatic hydroxyl groups is 1. The van der Waals surface area contributed by atoms with Crippen molar-refractivity contribution >= 4 is 0 Å². The van der Waals surface area contributed by atoms with Crippen molar-refractivity contribution in [3.8, 4) is 5.75 Å². The lowest BCUT2D eigenvalue weighted by Crippen LogP contribution is -2.42. The Kier molecular flexibility index (Phi) is 6.29. The van der Waals surface area contributed by atoms with Crippen molar-refractivity contribution in [1.29, 1.82) is 0 Å². The van der Waals surface area contributed by atoms with E-state index in [0.717, 1.165) is 37.4 Å². The molecule has 1 atom stereocenters. The third-order valence-corrected chi connectivity index (χ3v) is 4.18. The van der Waals surface area contributed by atoms with E-state index in [1.54, 1.807) is 6.26 Å². The maximum atomic E-state index is 10.1. The highest BCUT2D eigenvalue weighted by molar-refractivity contribution is 5.21. The first-order valence-corrected chi connectivity index (χ1v) is 8.52. The largest absolute Gasteiger partial charge is 0.490 e. The van der Waals surface area contributed by atoms with Gasteiger partial charge in [-0.05, 0) is 37.1 Å². The van der Waals surface area contributed by atoms with E-state index in [0.29, 0.717) is 19.8 Å². The van der Waals surface area contributed by atoms with Crippen molar-refractivity contribution < 1.29 is 19.0 Å². The molecule has 5 heteroatoms. The van der Waals surface area contributed by atoms with Crippen LogP contribution in [-0.4, -0.2) is 48.5 Å². The predicted molar refractivity (Wildman–Crippen MR) is 90.9 cm³/mol.